The number of allylic oxidation sites excluding steroid dienone is 3. The Morgan fingerprint density at radius 2 is 2.22 bits per heavy atom. The van der Waals surface area contributed by atoms with Gasteiger partial charge in [-0.3, -0.25) is 0 Å². The summed E-state index contributed by atoms with van der Waals surface area (Å²) in [6.45, 7) is 7.49. The molecular weight excluding hydrogens is 110 g/mol. The summed E-state index contributed by atoms with van der Waals surface area (Å²) in [7, 11) is 0. The van der Waals surface area contributed by atoms with E-state index in [1.807, 2.05) is 19.9 Å². The van der Waals surface area contributed by atoms with Gasteiger partial charge in [-0.2, -0.15) is 0 Å². The molecule has 0 amide bonds. The third kappa shape index (κ3) is 3.71. The van der Waals surface area contributed by atoms with E-state index in [9.17, 15) is 0 Å². The van der Waals surface area contributed by atoms with E-state index in [4.69, 9.17) is 5.41 Å². The highest BCUT2D eigenvalue weighted by molar-refractivity contribution is 5.92. The molecule has 50 valence electrons. The predicted octanol–water partition coefficient (Wildman–Crippen LogP) is 2.55. The molecule has 0 fully saturated rings. The van der Waals surface area contributed by atoms with Crippen LogP contribution < -0.4 is 0 Å². The highest BCUT2D eigenvalue weighted by Crippen LogP contribution is 1.94. The molecule has 0 bridgehead atoms. The highest BCUT2D eigenvalue weighted by atomic mass is 14.4. The molecule has 0 radical (unpaired) electrons. The third-order valence-electron chi connectivity index (χ3n) is 1.10. The molecule has 1 nitrogen and oxygen atoms in total. The highest BCUT2D eigenvalue weighted by Gasteiger charge is 1.84. The quantitative estimate of drug-likeness (QED) is 0.440. The summed E-state index contributed by atoms with van der Waals surface area (Å²) in [5, 5.41) is 7.25. The van der Waals surface area contributed by atoms with E-state index in [-0.39, 0.29) is 0 Å². The van der Waals surface area contributed by atoms with E-state index in [1.165, 1.54) is 0 Å². The van der Waals surface area contributed by atoms with Crippen LogP contribution in [0.1, 0.15) is 20.3 Å². The van der Waals surface area contributed by atoms with Crippen LogP contribution in [0.25, 0.3) is 0 Å². The molecule has 0 aliphatic rings. The second kappa shape index (κ2) is 4.07. The summed E-state index contributed by atoms with van der Waals surface area (Å²) in [4.78, 5) is 0. The minimum Gasteiger partial charge on any atom is -0.305 e. The first-order chi connectivity index (χ1) is 4.20. The van der Waals surface area contributed by atoms with Crippen molar-refractivity contribution in [3.8, 4) is 0 Å². The van der Waals surface area contributed by atoms with Gasteiger partial charge in [0, 0.05) is 5.71 Å². The summed E-state index contributed by atoms with van der Waals surface area (Å²) >= 11 is 0. The van der Waals surface area contributed by atoms with Gasteiger partial charge in [-0.25, -0.2) is 0 Å². The van der Waals surface area contributed by atoms with E-state index in [0.717, 1.165) is 12.0 Å². The normalized spacial score (nSPS) is 11.1. The van der Waals surface area contributed by atoms with Crippen LogP contribution in [0.2, 0.25) is 0 Å². The van der Waals surface area contributed by atoms with Crippen LogP contribution in [0, 0.1) is 5.41 Å². The second-order valence-electron chi connectivity index (χ2n) is 1.97. The van der Waals surface area contributed by atoms with Gasteiger partial charge in [-0.05, 0) is 25.0 Å². The lowest BCUT2D eigenvalue weighted by Gasteiger charge is -1.90. The molecule has 0 heterocycles. The SMILES string of the molecule is C=C/C(C)=C/C(=N)CC. The van der Waals surface area contributed by atoms with E-state index in [1.54, 1.807) is 6.08 Å². The van der Waals surface area contributed by atoms with Gasteiger partial charge in [0.05, 0.1) is 0 Å². The van der Waals surface area contributed by atoms with E-state index >= 15 is 0 Å². The smallest absolute Gasteiger partial charge is 0.0313 e. The number of nitrogens with one attached hydrogen (secondary N) is 1. The molecule has 0 saturated heterocycles. The van der Waals surface area contributed by atoms with E-state index < -0.39 is 0 Å². The number of hydrogen-bond donors (Lipinski definition) is 1. The zero-order chi connectivity index (χ0) is 7.28. The van der Waals surface area contributed by atoms with Crippen molar-refractivity contribution in [3.05, 3.63) is 24.3 Å². The Hall–Kier alpha value is -0.850. The van der Waals surface area contributed by atoms with Gasteiger partial charge in [0.25, 0.3) is 0 Å². The van der Waals surface area contributed by atoms with Gasteiger partial charge < -0.3 is 5.41 Å². The lowest BCUT2D eigenvalue weighted by molar-refractivity contribution is 1.25. The Balaban J connectivity index is 3.94. The lowest BCUT2D eigenvalue weighted by Crippen LogP contribution is -1.86. The monoisotopic (exact) mass is 123 g/mol. The maximum absolute atomic E-state index is 7.25. The zero-order valence-corrected chi connectivity index (χ0v) is 6.07. The maximum atomic E-state index is 7.25. The van der Waals surface area contributed by atoms with Crippen molar-refractivity contribution in [2.24, 2.45) is 0 Å². The molecule has 0 aliphatic carbocycles. The van der Waals surface area contributed by atoms with Crippen molar-refractivity contribution >= 4 is 5.71 Å². The number of rotatable bonds is 3. The van der Waals surface area contributed by atoms with Crippen molar-refractivity contribution in [3.63, 3.8) is 0 Å². The maximum Gasteiger partial charge on any atom is 0.0313 e. The topological polar surface area (TPSA) is 23.9 Å². The zero-order valence-electron chi connectivity index (χ0n) is 6.07. The van der Waals surface area contributed by atoms with Crippen molar-refractivity contribution in [1.29, 1.82) is 5.41 Å². The molecular formula is C8H13N. The fourth-order valence-electron chi connectivity index (χ4n) is 0.436. The van der Waals surface area contributed by atoms with Gasteiger partial charge in [0.2, 0.25) is 0 Å². The third-order valence-corrected chi connectivity index (χ3v) is 1.10. The summed E-state index contributed by atoms with van der Waals surface area (Å²) < 4.78 is 0. The Morgan fingerprint density at radius 3 is 2.56 bits per heavy atom. The first-order valence-electron chi connectivity index (χ1n) is 3.08. The molecule has 1 heteroatoms. The van der Waals surface area contributed by atoms with Crippen molar-refractivity contribution in [2.75, 3.05) is 0 Å². The van der Waals surface area contributed by atoms with Crippen molar-refractivity contribution in [2.45, 2.75) is 20.3 Å². The van der Waals surface area contributed by atoms with Crippen LogP contribution in [0.4, 0.5) is 0 Å². The van der Waals surface area contributed by atoms with Gasteiger partial charge in [0.15, 0.2) is 0 Å². The Labute approximate surface area is 56.6 Å². The van der Waals surface area contributed by atoms with Gasteiger partial charge in [-0.1, -0.05) is 19.6 Å². The summed E-state index contributed by atoms with van der Waals surface area (Å²) in [6.07, 6.45) is 4.38. The molecule has 0 aromatic rings. The average molecular weight is 123 g/mol. The lowest BCUT2D eigenvalue weighted by atomic mass is 10.2. The molecule has 1 N–H and O–H groups in total. The summed E-state index contributed by atoms with van der Waals surface area (Å²) in [6, 6.07) is 0. The minimum atomic E-state index is 0.660. The average Bonchev–Trinajstić information content (AvgIpc) is 1.87. The molecule has 0 aliphatic heterocycles. The van der Waals surface area contributed by atoms with Crippen LogP contribution in [-0.4, -0.2) is 5.71 Å². The fourth-order valence-corrected chi connectivity index (χ4v) is 0.436. The molecule has 0 rings (SSSR count). The van der Waals surface area contributed by atoms with Crippen LogP contribution in [0.3, 0.4) is 0 Å². The summed E-state index contributed by atoms with van der Waals surface area (Å²) in [5.41, 5.74) is 1.72. The van der Waals surface area contributed by atoms with Gasteiger partial charge in [-0.15, -0.1) is 0 Å². The second-order valence-corrected chi connectivity index (χ2v) is 1.97. The number of hydrogen-bond acceptors (Lipinski definition) is 1. The molecule has 0 atom stereocenters. The minimum absolute atomic E-state index is 0.660. The first kappa shape index (κ1) is 8.15. The molecule has 9 heavy (non-hydrogen) atoms. The molecule has 0 saturated carbocycles. The standard InChI is InChI=1S/C8H13N/c1-4-7(3)6-8(9)5-2/h4,6,9H,1,5H2,2-3H3/b7-6+,9-8?. The fraction of sp³-hybridized carbons (Fsp3) is 0.375. The van der Waals surface area contributed by atoms with Crippen LogP contribution in [-0.2, 0) is 0 Å². The van der Waals surface area contributed by atoms with Gasteiger partial charge >= 0.3 is 0 Å². The Kier molecular flexibility index (Phi) is 3.69. The Bertz CT molecular complexity index is 143. The largest absolute Gasteiger partial charge is 0.305 e. The van der Waals surface area contributed by atoms with E-state index in [0.29, 0.717) is 5.71 Å². The van der Waals surface area contributed by atoms with Crippen molar-refractivity contribution < 1.29 is 0 Å². The van der Waals surface area contributed by atoms with Crippen LogP contribution >= 0.6 is 0 Å². The Morgan fingerprint density at radius 1 is 1.67 bits per heavy atom. The molecule has 0 spiro atoms. The summed E-state index contributed by atoms with van der Waals surface area (Å²) in [5.74, 6) is 0. The van der Waals surface area contributed by atoms with Gasteiger partial charge in [0.1, 0.15) is 0 Å². The molecule has 0 unspecified atom stereocenters. The van der Waals surface area contributed by atoms with Crippen molar-refractivity contribution in [1.82, 2.24) is 0 Å². The predicted molar refractivity (Wildman–Crippen MR) is 42.0 cm³/mol. The van der Waals surface area contributed by atoms with Crippen LogP contribution in [0.15, 0.2) is 24.3 Å². The first-order valence-corrected chi connectivity index (χ1v) is 3.08. The van der Waals surface area contributed by atoms with E-state index in [2.05, 4.69) is 6.58 Å². The van der Waals surface area contributed by atoms with Crippen LogP contribution in [0.5, 0.6) is 0 Å². The molecule has 0 aromatic heterocycles. The molecule has 0 aromatic carbocycles.